The van der Waals surface area contributed by atoms with Gasteiger partial charge in [-0.1, -0.05) is 57.0 Å². The SMILES string of the molecule is C=C/C=C1/CC(C=C)=C(C=C)C(C)/C1=C/C. The second-order valence-electron chi connectivity index (χ2n) is 3.96. The van der Waals surface area contributed by atoms with Gasteiger partial charge in [-0.25, -0.2) is 0 Å². The van der Waals surface area contributed by atoms with E-state index in [1.165, 1.54) is 22.3 Å². The topological polar surface area (TPSA) is 0 Å². The summed E-state index contributed by atoms with van der Waals surface area (Å²) in [5, 5.41) is 0. The number of hydrogen-bond acceptors (Lipinski definition) is 0. The van der Waals surface area contributed by atoms with Gasteiger partial charge in [0.15, 0.2) is 0 Å². The first-order valence-corrected chi connectivity index (χ1v) is 5.65. The highest BCUT2D eigenvalue weighted by Gasteiger charge is 2.22. The second-order valence-corrected chi connectivity index (χ2v) is 3.96. The highest BCUT2D eigenvalue weighted by Crippen LogP contribution is 2.38. The smallest absolute Gasteiger partial charge is 0.00632 e. The summed E-state index contributed by atoms with van der Waals surface area (Å²) >= 11 is 0. The van der Waals surface area contributed by atoms with Gasteiger partial charge in [0, 0.05) is 5.92 Å². The van der Waals surface area contributed by atoms with E-state index in [4.69, 9.17) is 0 Å². The molecule has 0 fully saturated rings. The highest BCUT2D eigenvalue weighted by atomic mass is 14.3. The third-order valence-electron chi connectivity index (χ3n) is 3.15. The number of allylic oxidation sites excluding steroid dienone is 9. The molecule has 0 nitrogen and oxygen atoms in total. The zero-order chi connectivity index (χ0) is 12.1. The summed E-state index contributed by atoms with van der Waals surface area (Å²) in [5.74, 6) is 0.399. The van der Waals surface area contributed by atoms with Crippen LogP contribution in [0.3, 0.4) is 0 Å². The van der Waals surface area contributed by atoms with E-state index < -0.39 is 0 Å². The lowest BCUT2D eigenvalue weighted by Crippen LogP contribution is -2.13. The fourth-order valence-electron chi connectivity index (χ4n) is 2.36. The van der Waals surface area contributed by atoms with E-state index in [1.54, 1.807) is 0 Å². The van der Waals surface area contributed by atoms with Crippen LogP contribution in [0.4, 0.5) is 0 Å². The minimum absolute atomic E-state index is 0.399. The van der Waals surface area contributed by atoms with Crippen LogP contribution in [0.15, 0.2) is 72.4 Å². The molecule has 0 amide bonds. The predicted molar refractivity (Wildman–Crippen MR) is 73.2 cm³/mol. The Morgan fingerprint density at radius 3 is 2.31 bits per heavy atom. The van der Waals surface area contributed by atoms with E-state index in [2.05, 4.69) is 45.7 Å². The van der Waals surface area contributed by atoms with Crippen molar-refractivity contribution in [1.82, 2.24) is 0 Å². The summed E-state index contributed by atoms with van der Waals surface area (Å²) in [4.78, 5) is 0. The van der Waals surface area contributed by atoms with Crippen LogP contribution >= 0.6 is 0 Å². The van der Waals surface area contributed by atoms with Gasteiger partial charge in [-0.05, 0) is 35.6 Å². The van der Waals surface area contributed by atoms with Crippen molar-refractivity contribution in [2.45, 2.75) is 20.3 Å². The molecule has 1 aliphatic carbocycles. The van der Waals surface area contributed by atoms with Gasteiger partial charge in [0.1, 0.15) is 0 Å². The number of hydrogen-bond donors (Lipinski definition) is 0. The van der Waals surface area contributed by atoms with Crippen LogP contribution in [0.2, 0.25) is 0 Å². The molecule has 16 heavy (non-hydrogen) atoms. The summed E-state index contributed by atoms with van der Waals surface area (Å²) in [7, 11) is 0. The molecule has 0 heterocycles. The maximum Gasteiger partial charge on any atom is 0.00632 e. The predicted octanol–water partition coefficient (Wildman–Crippen LogP) is 4.75. The summed E-state index contributed by atoms with van der Waals surface area (Å²) in [6, 6.07) is 0. The van der Waals surface area contributed by atoms with E-state index >= 15 is 0 Å². The van der Waals surface area contributed by atoms with Crippen LogP contribution in [-0.2, 0) is 0 Å². The summed E-state index contributed by atoms with van der Waals surface area (Å²) in [5.41, 5.74) is 5.29. The van der Waals surface area contributed by atoms with Gasteiger partial charge < -0.3 is 0 Å². The average Bonchev–Trinajstić information content (AvgIpc) is 2.29. The Bertz CT molecular complexity index is 400. The van der Waals surface area contributed by atoms with Crippen molar-refractivity contribution in [2.24, 2.45) is 5.92 Å². The molecule has 0 bridgehead atoms. The molecule has 0 saturated heterocycles. The van der Waals surface area contributed by atoms with Gasteiger partial charge in [0.2, 0.25) is 0 Å². The normalized spacial score (nSPS) is 26.0. The van der Waals surface area contributed by atoms with Gasteiger partial charge in [0.05, 0.1) is 0 Å². The van der Waals surface area contributed by atoms with Crippen LogP contribution in [0.5, 0.6) is 0 Å². The van der Waals surface area contributed by atoms with Crippen LogP contribution in [0.1, 0.15) is 20.3 Å². The van der Waals surface area contributed by atoms with Crippen molar-refractivity contribution < 1.29 is 0 Å². The van der Waals surface area contributed by atoms with Crippen molar-refractivity contribution in [3.05, 3.63) is 72.4 Å². The van der Waals surface area contributed by atoms with E-state index in [9.17, 15) is 0 Å². The molecule has 0 spiro atoms. The summed E-state index contributed by atoms with van der Waals surface area (Å²) in [6.45, 7) is 15.9. The van der Waals surface area contributed by atoms with E-state index in [0.29, 0.717) is 5.92 Å². The molecule has 0 radical (unpaired) electrons. The van der Waals surface area contributed by atoms with Gasteiger partial charge in [0.25, 0.3) is 0 Å². The average molecular weight is 212 g/mol. The van der Waals surface area contributed by atoms with Crippen molar-refractivity contribution >= 4 is 0 Å². The Balaban J connectivity index is 3.33. The third-order valence-corrected chi connectivity index (χ3v) is 3.15. The van der Waals surface area contributed by atoms with Crippen molar-refractivity contribution in [3.8, 4) is 0 Å². The maximum absolute atomic E-state index is 3.90. The molecule has 0 aromatic heterocycles. The van der Waals surface area contributed by atoms with Gasteiger partial charge in [-0.15, -0.1) is 0 Å². The Morgan fingerprint density at radius 2 is 1.88 bits per heavy atom. The first-order chi connectivity index (χ1) is 7.69. The van der Waals surface area contributed by atoms with E-state index in [-0.39, 0.29) is 0 Å². The first kappa shape index (κ1) is 12.5. The Labute approximate surface area is 99.1 Å². The Hall–Kier alpha value is -1.56. The molecule has 1 atom stereocenters. The first-order valence-electron chi connectivity index (χ1n) is 5.65. The molecule has 0 heteroatoms. The molecular weight excluding hydrogens is 192 g/mol. The second kappa shape index (κ2) is 5.50. The van der Waals surface area contributed by atoms with Crippen LogP contribution in [0, 0.1) is 5.92 Å². The third kappa shape index (κ3) is 2.16. The molecule has 0 saturated carbocycles. The highest BCUT2D eigenvalue weighted by molar-refractivity contribution is 5.52. The van der Waals surface area contributed by atoms with Crippen LogP contribution in [-0.4, -0.2) is 0 Å². The fourth-order valence-corrected chi connectivity index (χ4v) is 2.36. The molecular formula is C16H20. The molecule has 1 aliphatic rings. The van der Waals surface area contributed by atoms with E-state index in [1.807, 2.05) is 18.2 Å². The lowest BCUT2D eigenvalue weighted by Gasteiger charge is -2.28. The maximum atomic E-state index is 3.90. The minimum Gasteiger partial charge on any atom is -0.0991 e. The number of rotatable bonds is 3. The van der Waals surface area contributed by atoms with Gasteiger partial charge >= 0.3 is 0 Å². The molecule has 84 valence electrons. The summed E-state index contributed by atoms with van der Waals surface area (Å²) < 4.78 is 0. The monoisotopic (exact) mass is 212 g/mol. The molecule has 1 rings (SSSR count). The molecule has 0 N–H and O–H groups in total. The van der Waals surface area contributed by atoms with E-state index in [0.717, 1.165) is 6.42 Å². The molecule has 0 aromatic rings. The zero-order valence-corrected chi connectivity index (χ0v) is 10.3. The van der Waals surface area contributed by atoms with Crippen LogP contribution < -0.4 is 0 Å². The van der Waals surface area contributed by atoms with Gasteiger partial charge in [-0.2, -0.15) is 0 Å². The van der Waals surface area contributed by atoms with Crippen LogP contribution in [0.25, 0.3) is 0 Å². The molecule has 0 aliphatic heterocycles. The lowest BCUT2D eigenvalue weighted by atomic mass is 9.76. The standard InChI is InChI=1S/C16H20/c1-6-10-14-11-13(7-2)15(8-3)12(5)16(14)9-4/h6-10,12H,1-3,11H2,4-5H3/b14-10-,16-9-. The Morgan fingerprint density at radius 1 is 1.19 bits per heavy atom. The molecule has 1 unspecified atom stereocenters. The summed E-state index contributed by atoms with van der Waals surface area (Å²) in [6.07, 6.45) is 11.0. The largest absolute Gasteiger partial charge is 0.0991 e. The lowest BCUT2D eigenvalue weighted by molar-refractivity contribution is 0.776. The van der Waals surface area contributed by atoms with Crippen molar-refractivity contribution in [3.63, 3.8) is 0 Å². The van der Waals surface area contributed by atoms with Crippen molar-refractivity contribution in [1.29, 1.82) is 0 Å². The quantitative estimate of drug-likeness (QED) is 0.633. The molecule has 0 aromatic carbocycles. The van der Waals surface area contributed by atoms with Crippen molar-refractivity contribution in [2.75, 3.05) is 0 Å². The zero-order valence-electron chi connectivity index (χ0n) is 10.3. The fraction of sp³-hybridized carbons (Fsp3) is 0.250. The Kier molecular flexibility index (Phi) is 4.30. The minimum atomic E-state index is 0.399. The van der Waals surface area contributed by atoms with Gasteiger partial charge in [-0.3, -0.25) is 0 Å².